The van der Waals surface area contributed by atoms with Crippen LogP contribution in [-0.2, 0) is 13.0 Å². The van der Waals surface area contributed by atoms with Crippen molar-refractivity contribution in [3.05, 3.63) is 59.5 Å². The molecular weight excluding hydrogens is 305 g/mol. The fraction of sp³-hybridized carbons (Fsp3) is 0.333. The topological polar surface area (TPSA) is 52.6 Å². The highest BCUT2D eigenvalue weighted by Crippen LogP contribution is 2.09. The summed E-state index contributed by atoms with van der Waals surface area (Å²) in [4.78, 5) is 10.5. The second kappa shape index (κ2) is 8.86. The molecule has 0 aliphatic heterocycles. The molecule has 5 nitrogen and oxygen atoms in total. The molecule has 1 aromatic carbocycles. The van der Waals surface area contributed by atoms with Crippen molar-refractivity contribution < 1.29 is 4.39 Å². The number of hydrogen-bond donors (Lipinski definition) is 2. The molecule has 0 saturated carbocycles. The summed E-state index contributed by atoms with van der Waals surface area (Å²) in [6.45, 7) is 1.34. The summed E-state index contributed by atoms with van der Waals surface area (Å²) in [7, 11) is 5.66. The molecule has 2 rings (SSSR count). The number of benzene rings is 1. The van der Waals surface area contributed by atoms with Crippen molar-refractivity contribution in [2.75, 3.05) is 32.6 Å². The molecule has 0 atom stereocenters. The number of halogens is 1. The zero-order valence-corrected chi connectivity index (χ0v) is 14.4. The molecule has 6 heteroatoms. The van der Waals surface area contributed by atoms with Gasteiger partial charge in [0.15, 0.2) is 5.96 Å². The van der Waals surface area contributed by atoms with E-state index in [0.717, 1.165) is 29.3 Å². The lowest BCUT2D eigenvalue weighted by Gasteiger charge is -2.14. The van der Waals surface area contributed by atoms with Gasteiger partial charge >= 0.3 is 0 Å². The highest BCUT2D eigenvalue weighted by molar-refractivity contribution is 5.79. The molecule has 2 N–H and O–H groups in total. The number of aliphatic imine (C=N–C) groups is 1. The summed E-state index contributed by atoms with van der Waals surface area (Å²) in [6.07, 6.45) is 2.53. The van der Waals surface area contributed by atoms with Gasteiger partial charge in [0.1, 0.15) is 11.6 Å². The van der Waals surface area contributed by atoms with Crippen molar-refractivity contribution in [3.63, 3.8) is 0 Å². The van der Waals surface area contributed by atoms with Crippen LogP contribution in [0.4, 0.5) is 10.2 Å². The van der Waals surface area contributed by atoms with Crippen LogP contribution in [0.15, 0.2) is 47.6 Å². The Morgan fingerprint density at radius 3 is 2.71 bits per heavy atom. The number of nitrogens with zero attached hydrogens (tertiary/aromatic N) is 3. The third-order valence-electron chi connectivity index (χ3n) is 3.55. The summed E-state index contributed by atoms with van der Waals surface area (Å²) in [5.74, 6) is 1.43. The number of aromatic nitrogens is 1. The Labute approximate surface area is 142 Å². The Morgan fingerprint density at radius 2 is 2.00 bits per heavy atom. The van der Waals surface area contributed by atoms with E-state index in [4.69, 9.17) is 0 Å². The SMILES string of the molecule is CN=C(NCCc1cccc(F)c1)NCc1ccnc(N(C)C)c1. The molecule has 0 spiro atoms. The van der Waals surface area contributed by atoms with Crippen LogP contribution >= 0.6 is 0 Å². The number of anilines is 1. The molecule has 0 aliphatic carbocycles. The third kappa shape index (κ3) is 5.53. The normalized spacial score (nSPS) is 11.2. The minimum absolute atomic E-state index is 0.204. The zero-order valence-electron chi connectivity index (χ0n) is 14.4. The van der Waals surface area contributed by atoms with Crippen molar-refractivity contribution in [2.24, 2.45) is 4.99 Å². The Morgan fingerprint density at radius 1 is 1.17 bits per heavy atom. The van der Waals surface area contributed by atoms with E-state index in [2.05, 4.69) is 20.6 Å². The molecule has 0 saturated heterocycles. The fourth-order valence-electron chi connectivity index (χ4n) is 2.24. The summed E-state index contributed by atoms with van der Waals surface area (Å²) in [5, 5.41) is 6.50. The van der Waals surface area contributed by atoms with Crippen LogP contribution in [-0.4, -0.2) is 38.6 Å². The Hall–Kier alpha value is -2.63. The molecule has 2 aromatic rings. The standard InChI is InChI=1S/C18H24FN5/c1-20-18(22-10-7-14-5-4-6-16(19)11-14)23-13-15-8-9-21-17(12-15)24(2)3/h4-6,8-9,11-12H,7,10,13H2,1-3H3,(H2,20,22,23). The first-order chi connectivity index (χ1) is 11.6. The molecular formula is C18H24FN5. The predicted molar refractivity (Wildman–Crippen MR) is 96.9 cm³/mol. The van der Waals surface area contributed by atoms with Crippen LogP contribution in [0.5, 0.6) is 0 Å². The van der Waals surface area contributed by atoms with Gasteiger partial charge in [0, 0.05) is 40.4 Å². The van der Waals surface area contributed by atoms with E-state index in [-0.39, 0.29) is 5.82 Å². The van der Waals surface area contributed by atoms with Gasteiger partial charge in [-0.25, -0.2) is 9.37 Å². The van der Waals surface area contributed by atoms with Gasteiger partial charge in [-0.2, -0.15) is 0 Å². The molecule has 0 unspecified atom stereocenters. The minimum Gasteiger partial charge on any atom is -0.363 e. The first kappa shape index (κ1) is 17.7. The lowest BCUT2D eigenvalue weighted by Crippen LogP contribution is -2.37. The van der Waals surface area contributed by atoms with E-state index < -0.39 is 0 Å². The van der Waals surface area contributed by atoms with Gasteiger partial charge in [-0.1, -0.05) is 12.1 Å². The molecule has 0 fully saturated rings. The number of pyridine rings is 1. The number of hydrogen-bond acceptors (Lipinski definition) is 3. The largest absolute Gasteiger partial charge is 0.363 e. The van der Waals surface area contributed by atoms with Crippen molar-refractivity contribution in [1.29, 1.82) is 0 Å². The van der Waals surface area contributed by atoms with Crippen molar-refractivity contribution >= 4 is 11.8 Å². The highest BCUT2D eigenvalue weighted by atomic mass is 19.1. The van der Waals surface area contributed by atoms with Crippen LogP contribution in [0.3, 0.4) is 0 Å². The van der Waals surface area contributed by atoms with Gasteiger partial charge in [0.25, 0.3) is 0 Å². The summed E-state index contributed by atoms with van der Waals surface area (Å²) in [5.41, 5.74) is 2.09. The molecule has 24 heavy (non-hydrogen) atoms. The van der Waals surface area contributed by atoms with Crippen LogP contribution < -0.4 is 15.5 Å². The predicted octanol–water partition coefficient (Wildman–Crippen LogP) is 2.19. The summed E-state index contributed by atoms with van der Waals surface area (Å²) in [6, 6.07) is 10.7. The monoisotopic (exact) mass is 329 g/mol. The van der Waals surface area contributed by atoms with E-state index in [1.807, 2.05) is 37.2 Å². The Balaban J connectivity index is 1.81. The maximum atomic E-state index is 13.2. The van der Waals surface area contributed by atoms with Gasteiger partial charge in [0.2, 0.25) is 0 Å². The van der Waals surface area contributed by atoms with Crippen LogP contribution in [0, 0.1) is 5.82 Å². The van der Waals surface area contributed by atoms with E-state index in [9.17, 15) is 4.39 Å². The molecule has 128 valence electrons. The quantitative estimate of drug-likeness (QED) is 0.630. The van der Waals surface area contributed by atoms with Crippen LogP contribution in [0.2, 0.25) is 0 Å². The van der Waals surface area contributed by atoms with Crippen LogP contribution in [0.25, 0.3) is 0 Å². The number of nitrogens with one attached hydrogen (secondary N) is 2. The minimum atomic E-state index is -0.204. The molecule has 0 radical (unpaired) electrons. The first-order valence-electron chi connectivity index (χ1n) is 7.89. The van der Waals surface area contributed by atoms with Crippen molar-refractivity contribution in [3.8, 4) is 0 Å². The molecule has 0 amide bonds. The zero-order chi connectivity index (χ0) is 17.4. The second-order valence-corrected chi connectivity index (χ2v) is 5.65. The van der Waals surface area contributed by atoms with Gasteiger partial charge in [-0.05, 0) is 41.8 Å². The van der Waals surface area contributed by atoms with Gasteiger partial charge < -0.3 is 15.5 Å². The van der Waals surface area contributed by atoms with Crippen LogP contribution in [0.1, 0.15) is 11.1 Å². The average molecular weight is 329 g/mol. The number of rotatable bonds is 6. The lowest BCUT2D eigenvalue weighted by molar-refractivity contribution is 0.625. The number of guanidine groups is 1. The summed E-state index contributed by atoms with van der Waals surface area (Å²) >= 11 is 0. The van der Waals surface area contributed by atoms with E-state index in [1.54, 1.807) is 25.4 Å². The third-order valence-corrected chi connectivity index (χ3v) is 3.55. The molecule has 1 heterocycles. The molecule has 0 bridgehead atoms. The van der Waals surface area contributed by atoms with E-state index in [0.29, 0.717) is 13.1 Å². The van der Waals surface area contributed by atoms with Gasteiger partial charge in [-0.15, -0.1) is 0 Å². The van der Waals surface area contributed by atoms with Gasteiger partial charge in [-0.3, -0.25) is 4.99 Å². The second-order valence-electron chi connectivity index (χ2n) is 5.65. The van der Waals surface area contributed by atoms with Crippen molar-refractivity contribution in [1.82, 2.24) is 15.6 Å². The molecule has 1 aromatic heterocycles. The highest BCUT2D eigenvalue weighted by Gasteiger charge is 2.02. The Kier molecular flexibility index (Phi) is 6.54. The smallest absolute Gasteiger partial charge is 0.191 e. The summed E-state index contributed by atoms with van der Waals surface area (Å²) < 4.78 is 13.2. The maximum absolute atomic E-state index is 13.2. The van der Waals surface area contributed by atoms with E-state index in [1.165, 1.54) is 6.07 Å². The molecule has 0 aliphatic rings. The Bertz CT molecular complexity index is 685. The fourth-order valence-corrected chi connectivity index (χ4v) is 2.24. The van der Waals surface area contributed by atoms with Gasteiger partial charge in [0.05, 0.1) is 0 Å². The van der Waals surface area contributed by atoms with Crippen molar-refractivity contribution in [2.45, 2.75) is 13.0 Å². The lowest BCUT2D eigenvalue weighted by atomic mass is 10.1. The first-order valence-corrected chi connectivity index (χ1v) is 7.89. The maximum Gasteiger partial charge on any atom is 0.191 e. The van der Waals surface area contributed by atoms with E-state index >= 15 is 0 Å². The average Bonchev–Trinajstić information content (AvgIpc) is 2.58.